The van der Waals surface area contributed by atoms with Crippen LogP contribution in [0, 0.1) is 0 Å². The standard InChI is InChI=1S/C17H23N3O3S3/c1-2-10-26(22,23)20-7-5-13(6-8-20)18-16(21)11-14-12-25-17(19-14)15-4-3-9-24-15/h3-4,9,12-13H,2,5-8,10-11H2,1H3,(H,18,21). The van der Waals surface area contributed by atoms with Crippen molar-refractivity contribution in [2.45, 2.75) is 38.6 Å². The number of sulfonamides is 1. The van der Waals surface area contributed by atoms with E-state index in [1.807, 2.05) is 29.8 Å². The predicted octanol–water partition coefficient (Wildman–Crippen LogP) is 2.73. The van der Waals surface area contributed by atoms with Gasteiger partial charge in [-0.3, -0.25) is 4.79 Å². The molecule has 0 aromatic carbocycles. The molecule has 142 valence electrons. The van der Waals surface area contributed by atoms with Crippen molar-refractivity contribution in [3.05, 3.63) is 28.6 Å². The van der Waals surface area contributed by atoms with Crippen molar-refractivity contribution >= 4 is 38.6 Å². The Morgan fingerprint density at radius 1 is 1.35 bits per heavy atom. The van der Waals surface area contributed by atoms with Crippen molar-refractivity contribution in [1.82, 2.24) is 14.6 Å². The number of nitrogens with zero attached hydrogens (tertiary/aromatic N) is 2. The van der Waals surface area contributed by atoms with Crippen molar-refractivity contribution in [3.8, 4) is 9.88 Å². The van der Waals surface area contributed by atoms with E-state index in [1.165, 1.54) is 0 Å². The molecule has 0 spiro atoms. The second-order valence-corrected chi connectivity index (χ2v) is 10.2. The summed E-state index contributed by atoms with van der Waals surface area (Å²) in [5.74, 6) is 0.142. The number of thiophene rings is 1. The molecule has 0 aliphatic carbocycles. The lowest BCUT2D eigenvalue weighted by molar-refractivity contribution is -0.121. The number of aromatic nitrogens is 1. The Bertz CT molecular complexity index is 823. The van der Waals surface area contributed by atoms with E-state index in [0.717, 1.165) is 15.6 Å². The van der Waals surface area contributed by atoms with Gasteiger partial charge in [0.25, 0.3) is 0 Å². The van der Waals surface area contributed by atoms with Gasteiger partial charge in [-0.05, 0) is 30.7 Å². The predicted molar refractivity (Wildman–Crippen MR) is 106 cm³/mol. The fraction of sp³-hybridized carbons (Fsp3) is 0.529. The third-order valence-electron chi connectivity index (χ3n) is 4.30. The Balaban J connectivity index is 1.48. The molecule has 1 saturated heterocycles. The molecule has 3 rings (SSSR count). The van der Waals surface area contributed by atoms with Gasteiger partial charge in [-0.1, -0.05) is 13.0 Å². The Hall–Kier alpha value is -1.29. The van der Waals surface area contributed by atoms with Crippen LogP contribution in [0.5, 0.6) is 0 Å². The fourth-order valence-electron chi connectivity index (χ4n) is 3.01. The Morgan fingerprint density at radius 2 is 2.12 bits per heavy atom. The van der Waals surface area contributed by atoms with Crippen molar-refractivity contribution in [2.75, 3.05) is 18.8 Å². The summed E-state index contributed by atoms with van der Waals surface area (Å²) in [7, 11) is -3.14. The first-order chi connectivity index (χ1) is 12.5. The zero-order valence-corrected chi connectivity index (χ0v) is 17.1. The summed E-state index contributed by atoms with van der Waals surface area (Å²) in [6.45, 7) is 2.83. The Kier molecular flexibility index (Phi) is 6.44. The van der Waals surface area contributed by atoms with Gasteiger partial charge in [-0.25, -0.2) is 17.7 Å². The highest BCUT2D eigenvalue weighted by molar-refractivity contribution is 7.89. The molecule has 0 saturated carbocycles. The summed E-state index contributed by atoms with van der Waals surface area (Å²) in [5.41, 5.74) is 0.777. The fourth-order valence-corrected chi connectivity index (χ4v) is 6.19. The number of hydrogen-bond acceptors (Lipinski definition) is 6. The van der Waals surface area contributed by atoms with Gasteiger partial charge in [-0.2, -0.15) is 0 Å². The SMILES string of the molecule is CCCS(=O)(=O)N1CCC(NC(=O)Cc2csc(-c3cccs3)n2)CC1. The van der Waals surface area contributed by atoms with Crippen LogP contribution in [-0.2, 0) is 21.2 Å². The van der Waals surface area contributed by atoms with Crippen LogP contribution in [0.2, 0.25) is 0 Å². The first kappa shape index (κ1) is 19.5. The second kappa shape index (κ2) is 8.60. The summed E-state index contributed by atoms with van der Waals surface area (Å²) in [5, 5.41) is 7.90. The number of piperidine rings is 1. The third-order valence-corrected chi connectivity index (χ3v) is 8.31. The van der Waals surface area contributed by atoms with Gasteiger partial charge >= 0.3 is 0 Å². The molecule has 1 N–H and O–H groups in total. The van der Waals surface area contributed by atoms with E-state index < -0.39 is 10.0 Å². The molecule has 3 heterocycles. The average Bonchev–Trinajstić information content (AvgIpc) is 3.26. The Labute approximate surface area is 162 Å². The minimum atomic E-state index is -3.14. The quantitative estimate of drug-likeness (QED) is 0.757. The van der Waals surface area contributed by atoms with Gasteiger partial charge in [0.15, 0.2) is 0 Å². The van der Waals surface area contributed by atoms with Crippen LogP contribution in [0.15, 0.2) is 22.9 Å². The van der Waals surface area contributed by atoms with Crippen LogP contribution in [0.25, 0.3) is 9.88 Å². The van der Waals surface area contributed by atoms with E-state index in [2.05, 4.69) is 10.3 Å². The molecule has 6 nitrogen and oxygen atoms in total. The lowest BCUT2D eigenvalue weighted by Gasteiger charge is -2.31. The topological polar surface area (TPSA) is 79.4 Å². The number of rotatable bonds is 7. The molecular formula is C17H23N3O3S3. The van der Waals surface area contributed by atoms with Gasteiger partial charge in [0.2, 0.25) is 15.9 Å². The van der Waals surface area contributed by atoms with Crippen LogP contribution < -0.4 is 5.32 Å². The van der Waals surface area contributed by atoms with Gasteiger partial charge in [-0.15, -0.1) is 22.7 Å². The van der Waals surface area contributed by atoms with Crippen LogP contribution in [0.1, 0.15) is 31.9 Å². The summed E-state index contributed by atoms with van der Waals surface area (Å²) in [4.78, 5) is 17.9. The maximum atomic E-state index is 12.3. The molecule has 2 aromatic heterocycles. The van der Waals surface area contributed by atoms with Crippen LogP contribution >= 0.6 is 22.7 Å². The van der Waals surface area contributed by atoms with Crippen LogP contribution in [0.3, 0.4) is 0 Å². The molecule has 0 bridgehead atoms. The normalized spacial score (nSPS) is 16.7. The molecule has 1 aliphatic heterocycles. The van der Waals surface area contributed by atoms with E-state index in [-0.39, 0.29) is 24.1 Å². The first-order valence-corrected chi connectivity index (χ1v) is 12.1. The molecule has 1 aliphatic rings. The molecule has 0 unspecified atom stereocenters. The lowest BCUT2D eigenvalue weighted by Crippen LogP contribution is -2.47. The Morgan fingerprint density at radius 3 is 2.77 bits per heavy atom. The monoisotopic (exact) mass is 413 g/mol. The van der Waals surface area contributed by atoms with Crippen LogP contribution in [0.4, 0.5) is 0 Å². The number of nitrogens with one attached hydrogen (secondary N) is 1. The number of carbonyl (C=O) groups excluding carboxylic acids is 1. The molecular weight excluding hydrogens is 390 g/mol. The third kappa shape index (κ3) is 4.91. The second-order valence-electron chi connectivity index (χ2n) is 6.35. The van der Waals surface area contributed by atoms with Crippen molar-refractivity contribution in [1.29, 1.82) is 0 Å². The molecule has 2 aromatic rings. The van der Waals surface area contributed by atoms with Gasteiger partial charge < -0.3 is 5.32 Å². The summed E-state index contributed by atoms with van der Waals surface area (Å²) in [6.07, 6.45) is 2.20. The lowest BCUT2D eigenvalue weighted by atomic mass is 10.1. The number of hydrogen-bond donors (Lipinski definition) is 1. The average molecular weight is 414 g/mol. The maximum Gasteiger partial charge on any atom is 0.226 e. The summed E-state index contributed by atoms with van der Waals surface area (Å²) in [6, 6.07) is 4.04. The maximum absolute atomic E-state index is 12.3. The van der Waals surface area contributed by atoms with E-state index in [9.17, 15) is 13.2 Å². The minimum absolute atomic E-state index is 0.0333. The van der Waals surface area contributed by atoms with Crippen molar-refractivity contribution in [2.24, 2.45) is 0 Å². The summed E-state index contributed by atoms with van der Waals surface area (Å²) < 4.78 is 25.7. The molecule has 1 amide bonds. The zero-order chi connectivity index (χ0) is 18.6. The number of thiazole rings is 1. The molecule has 26 heavy (non-hydrogen) atoms. The highest BCUT2D eigenvalue weighted by Gasteiger charge is 2.28. The van der Waals surface area contributed by atoms with E-state index in [0.29, 0.717) is 32.4 Å². The molecule has 0 atom stereocenters. The number of amides is 1. The van der Waals surface area contributed by atoms with E-state index >= 15 is 0 Å². The van der Waals surface area contributed by atoms with E-state index in [1.54, 1.807) is 27.0 Å². The van der Waals surface area contributed by atoms with Crippen LogP contribution in [-0.4, -0.2) is 48.5 Å². The van der Waals surface area contributed by atoms with E-state index in [4.69, 9.17) is 0 Å². The largest absolute Gasteiger partial charge is 0.353 e. The smallest absolute Gasteiger partial charge is 0.226 e. The highest BCUT2D eigenvalue weighted by Crippen LogP contribution is 2.27. The minimum Gasteiger partial charge on any atom is -0.353 e. The summed E-state index contributed by atoms with van der Waals surface area (Å²) >= 11 is 3.18. The molecule has 9 heteroatoms. The first-order valence-electron chi connectivity index (χ1n) is 8.73. The zero-order valence-electron chi connectivity index (χ0n) is 14.7. The van der Waals surface area contributed by atoms with Crippen molar-refractivity contribution < 1.29 is 13.2 Å². The highest BCUT2D eigenvalue weighted by atomic mass is 32.2. The van der Waals surface area contributed by atoms with Gasteiger partial charge in [0.1, 0.15) is 5.01 Å². The number of carbonyl (C=O) groups is 1. The van der Waals surface area contributed by atoms with Gasteiger partial charge in [0.05, 0.1) is 22.7 Å². The van der Waals surface area contributed by atoms with Crippen molar-refractivity contribution in [3.63, 3.8) is 0 Å². The molecule has 0 radical (unpaired) electrons. The molecule has 1 fully saturated rings. The van der Waals surface area contributed by atoms with Gasteiger partial charge in [0, 0.05) is 24.5 Å².